The zero-order valence-electron chi connectivity index (χ0n) is 8.91. The Kier molecular flexibility index (Phi) is 5.45. The third kappa shape index (κ3) is 4.37. The Balaban J connectivity index is 2.33. The lowest BCUT2D eigenvalue weighted by Gasteiger charge is -2.04. The Hall–Kier alpha value is -1.46. The molecule has 1 aromatic rings. The molecule has 0 radical (unpaired) electrons. The fourth-order valence-electron chi connectivity index (χ4n) is 1.19. The number of halogens is 1. The number of benzene rings is 1. The number of hydrogen-bond acceptors (Lipinski definition) is 2. The Morgan fingerprint density at radius 3 is 2.94 bits per heavy atom. The molecule has 2 nitrogen and oxygen atoms in total. The minimum Gasteiger partial charge on any atom is -0.462 e. The van der Waals surface area contributed by atoms with E-state index >= 15 is 0 Å². The van der Waals surface area contributed by atoms with Crippen molar-refractivity contribution in [3.63, 3.8) is 0 Å². The topological polar surface area (TPSA) is 26.3 Å². The van der Waals surface area contributed by atoms with Crippen molar-refractivity contribution in [1.29, 1.82) is 0 Å². The Morgan fingerprint density at radius 2 is 2.25 bits per heavy atom. The van der Waals surface area contributed by atoms with E-state index in [0.717, 1.165) is 12.8 Å². The van der Waals surface area contributed by atoms with Gasteiger partial charge in [-0.05, 0) is 31.0 Å². The zero-order valence-corrected chi connectivity index (χ0v) is 9.67. The van der Waals surface area contributed by atoms with Crippen LogP contribution in [0.25, 0.3) is 0 Å². The minimum atomic E-state index is -0.344. The lowest BCUT2D eigenvalue weighted by molar-refractivity contribution is 0.0499. The van der Waals surface area contributed by atoms with Crippen LogP contribution < -0.4 is 0 Å². The van der Waals surface area contributed by atoms with Crippen LogP contribution >= 0.6 is 11.6 Å². The molecule has 0 aromatic heterocycles. The molecule has 0 unspecified atom stereocenters. The van der Waals surface area contributed by atoms with Gasteiger partial charge in [0.15, 0.2) is 0 Å². The van der Waals surface area contributed by atoms with Crippen LogP contribution in [0, 0.1) is 12.3 Å². The summed E-state index contributed by atoms with van der Waals surface area (Å²) in [5.74, 6) is 2.19. The SMILES string of the molecule is C#CCCCCOC(=O)c1cccc(Cl)c1. The van der Waals surface area contributed by atoms with Gasteiger partial charge in [-0.15, -0.1) is 12.3 Å². The van der Waals surface area contributed by atoms with E-state index in [2.05, 4.69) is 5.92 Å². The maximum absolute atomic E-state index is 11.5. The molecule has 0 heterocycles. The van der Waals surface area contributed by atoms with Crippen LogP contribution in [0.3, 0.4) is 0 Å². The van der Waals surface area contributed by atoms with Crippen LogP contribution in [0.4, 0.5) is 0 Å². The van der Waals surface area contributed by atoms with Gasteiger partial charge in [-0.25, -0.2) is 4.79 Å². The lowest BCUT2D eigenvalue weighted by atomic mass is 10.2. The summed E-state index contributed by atoms with van der Waals surface area (Å²) in [6.07, 6.45) is 7.49. The summed E-state index contributed by atoms with van der Waals surface area (Å²) in [6, 6.07) is 6.70. The van der Waals surface area contributed by atoms with Gasteiger partial charge in [-0.1, -0.05) is 17.7 Å². The molecular weight excluding hydrogens is 224 g/mol. The van der Waals surface area contributed by atoms with Crippen LogP contribution in [0.1, 0.15) is 29.6 Å². The van der Waals surface area contributed by atoms with Crippen LogP contribution in [0.15, 0.2) is 24.3 Å². The molecule has 0 aliphatic rings. The number of ether oxygens (including phenoxy) is 1. The van der Waals surface area contributed by atoms with Crippen molar-refractivity contribution < 1.29 is 9.53 Å². The zero-order chi connectivity index (χ0) is 11.8. The standard InChI is InChI=1S/C13H13ClO2/c1-2-3-4-5-9-16-13(15)11-7-6-8-12(14)10-11/h1,6-8,10H,3-5,9H2. The third-order valence-electron chi connectivity index (χ3n) is 2.01. The summed E-state index contributed by atoms with van der Waals surface area (Å²) in [5, 5.41) is 0.529. The molecule has 0 saturated heterocycles. The van der Waals surface area contributed by atoms with Crippen molar-refractivity contribution >= 4 is 17.6 Å². The number of terminal acetylenes is 1. The summed E-state index contributed by atoms with van der Waals surface area (Å²) in [6.45, 7) is 0.396. The van der Waals surface area contributed by atoms with Crippen molar-refractivity contribution in [2.45, 2.75) is 19.3 Å². The number of esters is 1. The van der Waals surface area contributed by atoms with Gasteiger partial charge in [0.25, 0.3) is 0 Å². The number of carbonyl (C=O) groups excluding carboxylic acids is 1. The van der Waals surface area contributed by atoms with Crippen molar-refractivity contribution in [3.05, 3.63) is 34.9 Å². The van der Waals surface area contributed by atoms with Gasteiger partial charge < -0.3 is 4.74 Å². The van der Waals surface area contributed by atoms with Gasteiger partial charge >= 0.3 is 5.97 Å². The van der Waals surface area contributed by atoms with E-state index in [1.807, 2.05) is 0 Å². The highest BCUT2D eigenvalue weighted by Crippen LogP contribution is 2.11. The van der Waals surface area contributed by atoms with Gasteiger partial charge in [-0.2, -0.15) is 0 Å². The Labute approximate surface area is 101 Å². The fraction of sp³-hybridized carbons (Fsp3) is 0.308. The first kappa shape index (κ1) is 12.6. The molecule has 0 N–H and O–H groups in total. The molecule has 0 fully saturated rings. The predicted molar refractivity (Wildman–Crippen MR) is 64.4 cm³/mol. The summed E-state index contributed by atoms with van der Waals surface area (Å²) >= 11 is 5.76. The maximum atomic E-state index is 11.5. The van der Waals surface area contributed by atoms with E-state index in [1.165, 1.54) is 0 Å². The average molecular weight is 237 g/mol. The van der Waals surface area contributed by atoms with E-state index < -0.39 is 0 Å². The minimum absolute atomic E-state index is 0.344. The monoisotopic (exact) mass is 236 g/mol. The molecule has 3 heteroatoms. The highest BCUT2D eigenvalue weighted by atomic mass is 35.5. The normalized spacial score (nSPS) is 9.50. The van der Waals surface area contributed by atoms with Crippen molar-refractivity contribution in [1.82, 2.24) is 0 Å². The van der Waals surface area contributed by atoms with E-state index in [0.29, 0.717) is 23.6 Å². The molecule has 84 valence electrons. The van der Waals surface area contributed by atoms with Gasteiger partial charge in [0.1, 0.15) is 0 Å². The van der Waals surface area contributed by atoms with Gasteiger partial charge in [0.05, 0.1) is 12.2 Å². The number of unbranched alkanes of at least 4 members (excludes halogenated alkanes) is 2. The lowest BCUT2D eigenvalue weighted by Crippen LogP contribution is -2.06. The number of carbonyl (C=O) groups is 1. The first-order valence-corrected chi connectivity index (χ1v) is 5.48. The summed E-state index contributed by atoms with van der Waals surface area (Å²) < 4.78 is 5.06. The number of rotatable bonds is 5. The van der Waals surface area contributed by atoms with Gasteiger partial charge in [0, 0.05) is 11.4 Å². The van der Waals surface area contributed by atoms with E-state index in [9.17, 15) is 4.79 Å². The first-order chi connectivity index (χ1) is 7.74. The number of hydrogen-bond donors (Lipinski definition) is 0. The van der Waals surface area contributed by atoms with Crippen molar-refractivity contribution in [2.24, 2.45) is 0 Å². The highest BCUT2D eigenvalue weighted by molar-refractivity contribution is 6.30. The maximum Gasteiger partial charge on any atom is 0.338 e. The quantitative estimate of drug-likeness (QED) is 0.446. The predicted octanol–water partition coefficient (Wildman–Crippen LogP) is 3.30. The Morgan fingerprint density at radius 1 is 1.44 bits per heavy atom. The molecule has 0 bridgehead atoms. The molecular formula is C13H13ClO2. The second-order valence-electron chi connectivity index (χ2n) is 3.31. The molecule has 0 aliphatic carbocycles. The van der Waals surface area contributed by atoms with Crippen LogP contribution in [-0.4, -0.2) is 12.6 Å². The van der Waals surface area contributed by atoms with Crippen molar-refractivity contribution in [2.75, 3.05) is 6.61 Å². The van der Waals surface area contributed by atoms with E-state index in [-0.39, 0.29) is 5.97 Å². The average Bonchev–Trinajstić information content (AvgIpc) is 2.28. The second kappa shape index (κ2) is 6.92. The highest BCUT2D eigenvalue weighted by Gasteiger charge is 2.06. The molecule has 0 saturated carbocycles. The summed E-state index contributed by atoms with van der Waals surface area (Å²) in [7, 11) is 0. The molecule has 0 atom stereocenters. The first-order valence-electron chi connectivity index (χ1n) is 5.10. The van der Waals surface area contributed by atoms with Gasteiger partial charge in [-0.3, -0.25) is 0 Å². The molecule has 1 aromatic carbocycles. The van der Waals surface area contributed by atoms with Crippen LogP contribution in [0.2, 0.25) is 5.02 Å². The summed E-state index contributed by atoms with van der Waals surface area (Å²) in [5.41, 5.74) is 0.476. The smallest absolute Gasteiger partial charge is 0.338 e. The van der Waals surface area contributed by atoms with Crippen molar-refractivity contribution in [3.8, 4) is 12.3 Å². The molecule has 0 amide bonds. The fourth-order valence-corrected chi connectivity index (χ4v) is 1.38. The van der Waals surface area contributed by atoms with Crippen LogP contribution in [0.5, 0.6) is 0 Å². The molecule has 1 rings (SSSR count). The van der Waals surface area contributed by atoms with E-state index in [4.69, 9.17) is 22.8 Å². The second-order valence-corrected chi connectivity index (χ2v) is 3.74. The molecule has 16 heavy (non-hydrogen) atoms. The molecule has 0 spiro atoms. The largest absolute Gasteiger partial charge is 0.462 e. The van der Waals surface area contributed by atoms with Crippen LogP contribution in [-0.2, 0) is 4.74 Å². The van der Waals surface area contributed by atoms with E-state index in [1.54, 1.807) is 24.3 Å². The summed E-state index contributed by atoms with van der Waals surface area (Å²) in [4.78, 5) is 11.5. The third-order valence-corrected chi connectivity index (χ3v) is 2.24. The van der Waals surface area contributed by atoms with Gasteiger partial charge in [0.2, 0.25) is 0 Å². The Bertz CT molecular complexity index is 393. The molecule has 0 aliphatic heterocycles.